The fourth-order valence-electron chi connectivity index (χ4n) is 1.50. The fourth-order valence-corrected chi connectivity index (χ4v) is 4.48. The molecule has 1 aromatic rings. The highest BCUT2D eigenvalue weighted by Crippen LogP contribution is 2.23. The molecule has 0 bridgehead atoms. The van der Waals surface area contributed by atoms with Crippen molar-refractivity contribution in [2.45, 2.75) is 5.25 Å². The summed E-state index contributed by atoms with van der Waals surface area (Å²) >= 11 is 7.21. The number of nitrogens with one attached hydrogen (secondary N) is 1. The van der Waals surface area contributed by atoms with Gasteiger partial charge in [0.25, 0.3) is 5.91 Å². The second-order valence-corrected chi connectivity index (χ2v) is 7.14. The van der Waals surface area contributed by atoms with Crippen LogP contribution in [-0.2, 0) is 0 Å². The number of hydrogen-bond acceptors (Lipinski definition) is 4. The first-order chi connectivity index (χ1) is 8.25. The molecule has 2 rings (SSSR count). The lowest BCUT2D eigenvalue weighted by molar-refractivity contribution is 0.0954. The van der Waals surface area contributed by atoms with Gasteiger partial charge in [-0.3, -0.25) is 9.78 Å². The zero-order chi connectivity index (χ0) is 12.1. The van der Waals surface area contributed by atoms with E-state index in [9.17, 15) is 4.79 Å². The van der Waals surface area contributed by atoms with Crippen molar-refractivity contribution in [2.75, 3.05) is 23.8 Å². The molecule has 0 saturated carbocycles. The van der Waals surface area contributed by atoms with Gasteiger partial charge in [0, 0.05) is 45.9 Å². The zero-order valence-electron chi connectivity index (χ0n) is 9.19. The van der Waals surface area contributed by atoms with Gasteiger partial charge >= 0.3 is 0 Å². The lowest BCUT2D eigenvalue weighted by Gasteiger charge is -2.21. The standard InChI is InChI=1S/C11H13BrN2OS2/c12-9-3-8(4-13-5-9)11(15)14-6-10-7-16-1-2-17-10/h3-5,10H,1-2,6-7H2,(H,14,15). The molecule has 1 aliphatic rings. The molecular weight excluding hydrogens is 320 g/mol. The van der Waals surface area contributed by atoms with Crippen LogP contribution in [0.3, 0.4) is 0 Å². The minimum atomic E-state index is -0.0463. The molecule has 1 N–H and O–H groups in total. The van der Waals surface area contributed by atoms with Crippen molar-refractivity contribution in [2.24, 2.45) is 0 Å². The van der Waals surface area contributed by atoms with Crippen molar-refractivity contribution in [3.63, 3.8) is 0 Å². The Morgan fingerprint density at radius 3 is 3.12 bits per heavy atom. The van der Waals surface area contributed by atoms with Crippen LogP contribution < -0.4 is 5.32 Å². The zero-order valence-corrected chi connectivity index (χ0v) is 12.4. The summed E-state index contributed by atoms with van der Waals surface area (Å²) in [5, 5.41) is 3.50. The van der Waals surface area contributed by atoms with Crippen LogP contribution in [0.2, 0.25) is 0 Å². The molecule has 1 atom stereocenters. The molecule has 0 aliphatic carbocycles. The SMILES string of the molecule is O=C(NCC1CSCCS1)c1cncc(Br)c1. The molecule has 1 aromatic heterocycles. The quantitative estimate of drug-likeness (QED) is 0.923. The number of carbonyl (C=O) groups is 1. The maximum absolute atomic E-state index is 11.9. The number of aromatic nitrogens is 1. The van der Waals surface area contributed by atoms with Gasteiger partial charge in [0.2, 0.25) is 0 Å². The smallest absolute Gasteiger partial charge is 0.252 e. The van der Waals surface area contributed by atoms with Gasteiger partial charge in [0.15, 0.2) is 0 Å². The Morgan fingerprint density at radius 2 is 2.41 bits per heavy atom. The first kappa shape index (κ1) is 13.2. The van der Waals surface area contributed by atoms with E-state index in [1.165, 1.54) is 11.5 Å². The van der Waals surface area contributed by atoms with E-state index >= 15 is 0 Å². The molecule has 2 heterocycles. The van der Waals surface area contributed by atoms with E-state index in [1.54, 1.807) is 18.5 Å². The Kier molecular flexibility index (Phi) is 5.18. The second kappa shape index (κ2) is 6.66. The van der Waals surface area contributed by atoms with Crippen molar-refractivity contribution in [1.29, 1.82) is 0 Å². The normalized spacial score (nSPS) is 19.9. The summed E-state index contributed by atoms with van der Waals surface area (Å²) < 4.78 is 0.827. The highest BCUT2D eigenvalue weighted by Gasteiger charge is 2.15. The number of carbonyl (C=O) groups excluding carboxylic acids is 1. The largest absolute Gasteiger partial charge is 0.351 e. The summed E-state index contributed by atoms with van der Waals surface area (Å²) in [6, 6.07) is 1.78. The number of pyridine rings is 1. The predicted molar refractivity (Wildman–Crippen MR) is 77.8 cm³/mol. The van der Waals surface area contributed by atoms with Crippen LogP contribution in [0.1, 0.15) is 10.4 Å². The van der Waals surface area contributed by atoms with Crippen molar-refractivity contribution in [1.82, 2.24) is 10.3 Å². The first-order valence-corrected chi connectivity index (χ1v) is 8.33. The lowest BCUT2D eigenvalue weighted by Crippen LogP contribution is -2.33. The monoisotopic (exact) mass is 332 g/mol. The Morgan fingerprint density at radius 1 is 1.53 bits per heavy atom. The van der Waals surface area contributed by atoms with Crippen LogP contribution in [0, 0.1) is 0 Å². The van der Waals surface area contributed by atoms with E-state index in [-0.39, 0.29) is 5.91 Å². The van der Waals surface area contributed by atoms with Crippen LogP contribution >= 0.6 is 39.5 Å². The molecule has 1 amide bonds. The summed E-state index contributed by atoms with van der Waals surface area (Å²) in [6.07, 6.45) is 3.26. The Bertz CT molecular complexity index is 397. The molecule has 17 heavy (non-hydrogen) atoms. The first-order valence-electron chi connectivity index (χ1n) is 5.34. The van der Waals surface area contributed by atoms with Gasteiger partial charge < -0.3 is 5.32 Å². The van der Waals surface area contributed by atoms with Gasteiger partial charge in [-0.1, -0.05) is 0 Å². The predicted octanol–water partition coefficient (Wildman–Crippen LogP) is 2.42. The van der Waals surface area contributed by atoms with Crippen LogP contribution in [0.5, 0.6) is 0 Å². The summed E-state index contributed by atoms with van der Waals surface area (Å²) in [5.74, 6) is 3.49. The Labute approximate surface area is 118 Å². The average Bonchev–Trinajstić information content (AvgIpc) is 2.37. The molecule has 1 unspecified atom stereocenters. The van der Waals surface area contributed by atoms with Crippen LogP contribution in [0.4, 0.5) is 0 Å². The Hall–Kier alpha value is -0.200. The van der Waals surface area contributed by atoms with E-state index in [0.717, 1.165) is 16.8 Å². The van der Waals surface area contributed by atoms with Gasteiger partial charge in [0.1, 0.15) is 0 Å². The molecule has 0 spiro atoms. The number of thioether (sulfide) groups is 2. The van der Waals surface area contributed by atoms with E-state index in [4.69, 9.17) is 0 Å². The minimum absolute atomic E-state index is 0.0463. The van der Waals surface area contributed by atoms with E-state index < -0.39 is 0 Å². The molecule has 0 aromatic carbocycles. The molecule has 1 saturated heterocycles. The fraction of sp³-hybridized carbons (Fsp3) is 0.455. The van der Waals surface area contributed by atoms with E-state index in [0.29, 0.717) is 10.8 Å². The number of nitrogens with zero attached hydrogens (tertiary/aromatic N) is 1. The summed E-state index contributed by atoms with van der Waals surface area (Å²) in [5.41, 5.74) is 0.604. The number of amides is 1. The maximum Gasteiger partial charge on any atom is 0.252 e. The van der Waals surface area contributed by atoms with Crippen LogP contribution in [-0.4, -0.2) is 39.9 Å². The number of halogens is 1. The van der Waals surface area contributed by atoms with Gasteiger partial charge in [0.05, 0.1) is 5.56 Å². The van der Waals surface area contributed by atoms with E-state index in [2.05, 4.69) is 26.2 Å². The minimum Gasteiger partial charge on any atom is -0.351 e. The van der Waals surface area contributed by atoms with Gasteiger partial charge in [-0.2, -0.15) is 23.5 Å². The third kappa shape index (κ3) is 4.19. The topological polar surface area (TPSA) is 42.0 Å². The second-order valence-electron chi connectivity index (χ2n) is 3.67. The summed E-state index contributed by atoms with van der Waals surface area (Å²) in [6.45, 7) is 0.739. The molecule has 0 radical (unpaired) electrons. The van der Waals surface area contributed by atoms with Gasteiger partial charge in [-0.15, -0.1) is 0 Å². The highest BCUT2D eigenvalue weighted by molar-refractivity contribution is 9.10. The van der Waals surface area contributed by atoms with Crippen LogP contribution in [0.15, 0.2) is 22.9 Å². The molecule has 92 valence electrons. The highest BCUT2D eigenvalue weighted by atomic mass is 79.9. The van der Waals surface area contributed by atoms with Crippen molar-refractivity contribution >= 4 is 45.4 Å². The van der Waals surface area contributed by atoms with Crippen LogP contribution in [0.25, 0.3) is 0 Å². The summed E-state index contributed by atoms with van der Waals surface area (Å²) in [7, 11) is 0. The molecule has 1 fully saturated rings. The summed E-state index contributed by atoms with van der Waals surface area (Å²) in [4.78, 5) is 15.8. The molecule has 6 heteroatoms. The van der Waals surface area contributed by atoms with Gasteiger partial charge in [-0.25, -0.2) is 0 Å². The maximum atomic E-state index is 11.9. The van der Waals surface area contributed by atoms with Crippen molar-refractivity contribution < 1.29 is 4.79 Å². The third-order valence-electron chi connectivity index (χ3n) is 2.34. The number of hydrogen-bond donors (Lipinski definition) is 1. The molecule has 1 aliphatic heterocycles. The Balaban J connectivity index is 1.84. The molecule has 3 nitrogen and oxygen atoms in total. The molecular formula is C11H13BrN2OS2. The van der Waals surface area contributed by atoms with Gasteiger partial charge in [-0.05, 0) is 22.0 Å². The van der Waals surface area contributed by atoms with E-state index in [1.807, 2.05) is 23.5 Å². The van der Waals surface area contributed by atoms with Crippen molar-refractivity contribution in [3.05, 3.63) is 28.5 Å². The third-order valence-corrected chi connectivity index (χ3v) is 5.62. The lowest BCUT2D eigenvalue weighted by atomic mass is 10.2. The number of rotatable bonds is 3. The average molecular weight is 333 g/mol. The van der Waals surface area contributed by atoms with Crippen molar-refractivity contribution in [3.8, 4) is 0 Å².